The Kier molecular flexibility index (Phi) is 6.69. The number of oxazole rings is 1. The molecule has 0 unspecified atom stereocenters. The van der Waals surface area contributed by atoms with Crippen molar-refractivity contribution in [1.29, 1.82) is 0 Å². The fourth-order valence-electron chi connectivity index (χ4n) is 3.41. The number of ketones is 1. The second kappa shape index (κ2) is 9.42. The number of aryl methyl sites for hydroxylation is 1. The normalized spacial score (nSPS) is 11.7. The smallest absolute Gasteiger partial charge is 0.407 e. The van der Waals surface area contributed by atoms with Gasteiger partial charge in [-0.3, -0.25) is 9.78 Å². The van der Waals surface area contributed by atoms with Crippen LogP contribution in [0.2, 0.25) is 10.0 Å². The summed E-state index contributed by atoms with van der Waals surface area (Å²) in [7, 11) is -3.08. The molecule has 182 valence electrons. The lowest BCUT2D eigenvalue weighted by Crippen LogP contribution is -2.34. The Hall–Kier alpha value is -3.25. The molecule has 0 bridgehead atoms. The van der Waals surface area contributed by atoms with Crippen LogP contribution in [0.1, 0.15) is 21.6 Å². The van der Waals surface area contributed by atoms with Crippen LogP contribution >= 0.6 is 23.2 Å². The van der Waals surface area contributed by atoms with Crippen LogP contribution in [0, 0.1) is 12.7 Å². The van der Waals surface area contributed by atoms with E-state index in [0.29, 0.717) is 10.6 Å². The molecule has 35 heavy (non-hydrogen) atoms. The van der Waals surface area contributed by atoms with E-state index < -0.39 is 45.4 Å². The number of halogens is 3. The van der Waals surface area contributed by atoms with Crippen LogP contribution in [0.25, 0.3) is 11.1 Å². The molecule has 2 aromatic heterocycles. The number of aromatic nitrogens is 2. The number of methoxy groups -OCH3 is 1. The number of hydrogen-bond donors (Lipinski definition) is 1. The first-order chi connectivity index (χ1) is 16.5. The van der Waals surface area contributed by atoms with Crippen LogP contribution in [0.4, 0.5) is 10.1 Å². The van der Waals surface area contributed by atoms with Crippen molar-refractivity contribution in [3.05, 3.63) is 85.8 Å². The Bertz CT molecular complexity index is 1630. The van der Waals surface area contributed by atoms with Gasteiger partial charge in [-0.2, -0.15) is 0 Å². The molecule has 1 N–H and O–H groups in total. The zero-order valence-electron chi connectivity index (χ0n) is 18.1. The van der Waals surface area contributed by atoms with E-state index in [-0.39, 0.29) is 26.7 Å². The van der Waals surface area contributed by atoms with Crippen molar-refractivity contribution in [1.82, 2.24) is 9.97 Å². The molecule has 13 heteroatoms. The maximum Gasteiger partial charge on any atom is 0.417 e. The number of anilines is 1. The van der Waals surface area contributed by atoms with Crippen molar-refractivity contribution in [3.63, 3.8) is 0 Å². The van der Waals surface area contributed by atoms with E-state index in [1.165, 1.54) is 37.4 Å². The van der Waals surface area contributed by atoms with Crippen molar-refractivity contribution in [2.75, 3.05) is 18.1 Å². The summed E-state index contributed by atoms with van der Waals surface area (Å²) < 4.78 is 52.8. The number of H-pyrrole nitrogens is 1. The lowest BCUT2D eigenvalue weighted by atomic mass is 10.0. The number of benzene rings is 2. The average Bonchev–Trinajstić information content (AvgIpc) is 3.18. The molecule has 2 aromatic carbocycles. The number of ether oxygens (including phenoxy) is 1. The van der Waals surface area contributed by atoms with Gasteiger partial charge in [0.25, 0.3) is 10.0 Å². The van der Waals surface area contributed by atoms with Gasteiger partial charge in [0.2, 0.25) is 5.78 Å². The molecule has 0 saturated carbocycles. The minimum absolute atomic E-state index is 0.00648. The minimum Gasteiger partial charge on any atom is -0.407 e. The maximum absolute atomic E-state index is 14.8. The van der Waals surface area contributed by atoms with Crippen LogP contribution in [-0.2, 0) is 14.8 Å². The molecule has 0 saturated heterocycles. The summed E-state index contributed by atoms with van der Waals surface area (Å²) in [5.41, 5.74) is -1.09. The van der Waals surface area contributed by atoms with Gasteiger partial charge >= 0.3 is 5.76 Å². The van der Waals surface area contributed by atoms with Crippen LogP contribution in [0.15, 0.2) is 56.7 Å². The third kappa shape index (κ3) is 4.55. The lowest BCUT2D eigenvalue weighted by Gasteiger charge is -2.25. The number of hydrogen-bond acceptors (Lipinski definition) is 7. The minimum atomic E-state index is -4.33. The largest absolute Gasteiger partial charge is 0.417 e. The topological polar surface area (TPSA) is 123 Å². The maximum atomic E-state index is 14.8. The summed E-state index contributed by atoms with van der Waals surface area (Å²) >= 11 is 12.1. The number of pyridine rings is 1. The first kappa shape index (κ1) is 24.9. The zero-order valence-corrected chi connectivity index (χ0v) is 20.5. The standard InChI is InChI=1S/C22H16Cl2FN3O6S/c1-11-7-13(3-4-14(11)24)35(31,32)28(10-33-2)17-8-12(23)9-26-19(17)20(29)18-15(25)5-6-16-21(18)34-22(30)27-16/h3-9H,10H2,1-2H3,(H,27,30). The van der Waals surface area contributed by atoms with Crippen LogP contribution in [-0.4, -0.2) is 38.0 Å². The highest BCUT2D eigenvalue weighted by atomic mass is 35.5. The molecule has 0 spiro atoms. The van der Waals surface area contributed by atoms with E-state index in [4.69, 9.17) is 32.4 Å². The van der Waals surface area contributed by atoms with Crippen molar-refractivity contribution in [3.8, 4) is 0 Å². The summed E-state index contributed by atoms with van der Waals surface area (Å²) in [5.74, 6) is -2.93. The van der Waals surface area contributed by atoms with Gasteiger partial charge in [0.05, 0.1) is 21.1 Å². The molecule has 0 fully saturated rings. The molecule has 4 aromatic rings. The molecule has 0 aliphatic carbocycles. The highest BCUT2D eigenvalue weighted by Crippen LogP contribution is 2.32. The van der Waals surface area contributed by atoms with Gasteiger partial charge in [0.1, 0.15) is 23.8 Å². The van der Waals surface area contributed by atoms with Gasteiger partial charge in [-0.05, 0) is 48.9 Å². The predicted molar refractivity (Wildman–Crippen MR) is 127 cm³/mol. The Morgan fingerprint density at radius 2 is 1.97 bits per heavy atom. The van der Waals surface area contributed by atoms with Crippen molar-refractivity contribution in [2.45, 2.75) is 11.8 Å². The molecule has 2 heterocycles. The molecular weight excluding hydrogens is 524 g/mol. The molecule has 9 nitrogen and oxygen atoms in total. The first-order valence-electron chi connectivity index (χ1n) is 9.84. The van der Waals surface area contributed by atoms with Gasteiger partial charge in [-0.25, -0.2) is 26.9 Å². The molecular formula is C22H16Cl2FN3O6S. The number of nitrogens with one attached hydrogen (secondary N) is 1. The quantitative estimate of drug-likeness (QED) is 0.274. The Labute approximate surface area is 208 Å². The van der Waals surface area contributed by atoms with E-state index in [9.17, 15) is 22.4 Å². The summed E-state index contributed by atoms with van der Waals surface area (Å²) in [6, 6.07) is 7.45. The Morgan fingerprint density at radius 1 is 1.23 bits per heavy atom. The number of sulfonamides is 1. The number of carbonyl (C=O) groups is 1. The summed E-state index contributed by atoms with van der Waals surface area (Å²) in [5, 5.41) is 0.367. The molecule has 0 aliphatic heterocycles. The van der Waals surface area contributed by atoms with Gasteiger partial charge < -0.3 is 9.15 Å². The number of fused-ring (bicyclic) bond motifs is 1. The number of aromatic amines is 1. The second-order valence-corrected chi connectivity index (χ2v) is 10.1. The van der Waals surface area contributed by atoms with E-state index >= 15 is 0 Å². The summed E-state index contributed by atoms with van der Waals surface area (Å²) in [4.78, 5) is 31.3. The Balaban J connectivity index is 1.93. The van der Waals surface area contributed by atoms with Gasteiger partial charge in [-0.15, -0.1) is 0 Å². The van der Waals surface area contributed by atoms with Crippen molar-refractivity contribution < 1.29 is 26.8 Å². The zero-order chi connectivity index (χ0) is 25.5. The monoisotopic (exact) mass is 539 g/mol. The van der Waals surface area contributed by atoms with Gasteiger partial charge in [0, 0.05) is 18.3 Å². The molecule has 0 atom stereocenters. The van der Waals surface area contributed by atoms with Crippen molar-refractivity contribution >= 4 is 55.8 Å². The number of rotatable bonds is 7. The van der Waals surface area contributed by atoms with Crippen LogP contribution in [0.3, 0.4) is 0 Å². The second-order valence-electron chi connectivity index (χ2n) is 7.35. The van der Waals surface area contributed by atoms with E-state index in [2.05, 4.69) is 9.97 Å². The SMILES string of the molecule is COCN(c1cc(Cl)cnc1C(=O)c1c(F)ccc2[nH]c(=O)oc12)S(=O)(=O)c1ccc(Cl)c(C)c1. The molecule has 4 rings (SSSR count). The lowest BCUT2D eigenvalue weighted by molar-refractivity contribution is 0.103. The van der Waals surface area contributed by atoms with E-state index in [0.717, 1.165) is 16.6 Å². The fourth-order valence-corrected chi connectivity index (χ4v) is 5.14. The van der Waals surface area contributed by atoms with E-state index in [1.807, 2.05) is 0 Å². The van der Waals surface area contributed by atoms with Crippen molar-refractivity contribution in [2.24, 2.45) is 0 Å². The third-order valence-electron chi connectivity index (χ3n) is 5.05. The molecule has 0 aliphatic rings. The average molecular weight is 540 g/mol. The highest BCUT2D eigenvalue weighted by Gasteiger charge is 2.32. The first-order valence-corrected chi connectivity index (χ1v) is 12.0. The fraction of sp³-hybridized carbons (Fsp3) is 0.136. The van der Waals surface area contributed by atoms with Gasteiger partial charge in [-0.1, -0.05) is 23.2 Å². The van der Waals surface area contributed by atoms with E-state index in [1.54, 1.807) is 6.92 Å². The third-order valence-corrected chi connectivity index (χ3v) is 7.41. The Morgan fingerprint density at radius 3 is 2.66 bits per heavy atom. The molecule has 0 radical (unpaired) electrons. The van der Waals surface area contributed by atoms with Crippen LogP contribution in [0.5, 0.6) is 0 Å². The number of carbonyl (C=O) groups excluding carboxylic acids is 1. The molecule has 0 amide bonds. The van der Waals surface area contributed by atoms with Crippen LogP contribution < -0.4 is 10.1 Å². The predicted octanol–water partition coefficient (Wildman–Crippen LogP) is 4.30. The van der Waals surface area contributed by atoms with Gasteiger partial charge in [0.15, 0.2) is 5.58 Å². The summed E-state index contributed by atoms with van der Waals surface area (Å²) in [6.45, 7) is 1.10. The summed E-state index contributed by atoms with van der Waals surface area (Å²) in [6.07, 6.45) is 1.10. The highest BCUT2D eigenvalue weighted by molar-refractivity contribution is 7.92. The number of nitrogens with zero attached hydrogens (tertiary/aromatic N) is 2.